The Hall–Kier alpha value is -2.14. The Labute approximate surface area is 146 Å². The summed E-state index contributed by atoms with van der Waals surface area (Å²) in [5, 5.41) is 9.89. The van der Waals surface area contributed by atoms with Crippen molar-refractivity contribution in [1.82, 2.24) is 0 Å². The molecule has 0 amide bonds. The smallest absolute Gasteiger partial charge is 0.189 e. The predicted octanol–water partition coefficient (Wildman–Crippen LogP) is 3.81. The van der Waals surface area contributed by atoms with Crippen LogP contribution in [0.15, 0.2) is 36.6 Å². The number of ether oxygens (including phenoxy) is 2. The molecule has 1 heterocycles. The van der Waals surface area contributed by atoms with E-state index in [0.29, 0.717) is 36.1 Å². The molecule has 3 atom stereocenters. The first-order valence-corrected chi connectivity index (χ1v) is 8.49. The minimum absolute atomic E-state index is 0.0161. The van der Waals surface area contributed by atoms with Crippen molar-refractivity contribution in [2.24, 2.45) is 11.8 Å². The molecule has 0 radical (unpaired) electrons. The van der Waals surface area contributed by atoms with Gasteiger partial charge in [0.15, 0.2) is 12.6 Å². The molecule has 1 aliphatic carbocycles. The molecule has 5 heteroatoms. The first-order valence-electron chi connectivity index (χ1n) is 8.49. The van der Waals surface area contributed by atoms with Gasteiger partial charge in [0, 0.05) is 12.0 Å². The molecule has 2 aliphatic rings. The van der Waals surface area contributed by atoms with Crippen LogP contribution in [0.4, 0.5) is 4.39 Å². The zero-order valence-electron chi connectivity index (χ0n) is 14.5. The van der Waals surface area contributed by atoms with Crippen LogP contribution in [-0.2, 0) is 20.7 Å². The quantitative estimate of drug-likeness (QED) is 0.824. The van der Waals surface area contributed by atoms with Crippen LogP contribution >= 0.6 is 0 Å². The first-order chi connectivity index (χ1) is 11.9. The summed E-state index contributed by atoms with van der Waals surface area (Å²) in [5.74, 6) is -0.0642. The van der Waals surface area contributed by atoms with E-state index >= 15 is 0 Å². The molecule has 0 saturated carbocycles. The van der Waals surface area contributed by atoms with E-state index in [9.17, 15) is 14.3 Å². The Bertz CT molecular complexity index is 739. The Balaban J connectivity index is 1.90. The van der Waals surface area contributed by atoms with E-state index in [1.54, 1.807) is 13.0 Å². The fourth-order valence-electron chi connectivity index (χ4n) is 3.77. The number of phenols is 1. The highest BCUT2D eigenvalue weighted by molar-refractivity contribution is 5.93. The summed E-state index contributed by atoms with van der Waals surface area (Å²) < 4.78 is 25.8. The van der Waals surface area contributed by atoms with Gasteiger partial charge in [0.25, 0.3) is 0 Å². The number of phenolic OH excluding ortho intramolecular Hbond substituents is 1. The van der Waals surface area contributed by atoms with Crippen molar-refractivity contribution in [3.05, 3.63) is 53.6 Å². The molecule has 1 N–H and O–H groups in total. The van der Waals surface area contributed by atoms with Gasteiger partial charge in [0.2, 0.25) is 0 Å². The third-order valence-electron chi connectivity index (χ3n) is 5.31. The van der Waals surface area contributed by atoms with E-state index in [0.717, 1.165) is 0 Å². The number of hydrogen-bond acceptors (Lipinski definition) is 4. The van der Waals surface area contributed by atoms with Crippen LogP contribution in [0.5, 0.6) is 5.75 Å². The van der Waals surface area contributed by atoms with Crippen molar-refractivity contribution in [2.45, 2.75) is 38.7 Å². The average molecular weight is 346 g/mol. The molecule has 25 heavy (non-hydrogen) atoms. The first kappa shape index (κ1) is 17.7. The van der Waals surface area contributed by atoms with Gasteiger partial charge in [-0.25, -0.2) is 4.39 Å². The molecule has 134 valence electrons. The van der Waals surface area contributed by atoms with Gasteiger partial charge in [-0.2, -0.15) is 0 Å². The number of rotatable bonds is 5. The second-order valence-electron chi connectivity index (χ2n) is 6.97. The highest BCUT2D eigenvalue weighted by atomic mass is 19.1. The highest BCUT2D eigenvalue weighted by Gasteiger charge is 2.51. The number of benzene rings is 1. The molecule has 4 nitrogen and oxygen atoms in total. The van der Waals surface area contributed by atoms with Gasteiger partial charge in [0.1, 0.15) is 22.9 Å². The van der Waals surface area contributed by atoms with Crippen molar-refractivity contribution < 1.29 is 23.8 Å². The van der Waals surface area contributed by atoms with Crippen LogP contribution in [0.1, 0.15) is 30.9 Å². The van der Waals surface area contributed by atoms with Crippen LogP contribution in [0.3, 0.4) is 0 Å². The van der Waals surface area contributed by atoms with Gasteiger partial charge >= 0.3 is 0 Å². The van der Waals surface area contributed by atoms with Crippen molar-refractivity contribution in [3.8, 4) is 5.75 Å². The van der Waals surface area contributed by atoms with Crippen molar-refractivity contribution in [3.63, 3.8) is 0 Å². The summed E-state index contributed by atoms with van der Waals surface area (Å²) in [6.07, 6.45) is 4.68. The standard InChI is InChI=1S/C20H23FO4/c1-4-5-14-10-20(19(9-18(14)23)24-11-25-20)13(3)7-15-8-17(22)12(2)6-16(15)21/h4,6,8-9,13-14,22H,1,5,7,10-11H2,2-3H3/t13-,14-,20+/m0/s1. The van der Waals surface area contributed by atoms with Crippen molar-refractivity contribution in [1.29, 1.82) is 0 Å². The Kier molecular flexibility index (Phi) is 4.69. The SMILES string of the molecule is C=CC[C@H]1C[C@]2([C@@H](C)Cc3cc(O)c(C)cc3F)OCOC2=CC1=O. The summed E-state index contributed by atoms with van der Waals surface area (Å²) in [7, 11) is 0. The average Bonchev–Trinajstić information content (AvgIpc) is 2.97. The zero-order chi connectivity index (χ0) is 18.2. The number of carbonyl (C=O) groups is 1. The molecule has 0 bridgehead atoms. The minimum Gasteiger partial charge on any atom is -0.508 e. The Morgan fingerprint density at radius 1 is 1.52 bits per heavy atom. The van der Waals surface area contributed by atoms with Crippen molar-refractivity contribution >= 4 is 5.78 Å². The lowest BCUT2D eigenvalue weighted by atomic mass is 9.71. The molecule has 1 aliphatic heterocycles. The molecule has 3 rings (SSSR count). The molecule has 1 aromatic rings. The van der Waals surface area contributed by atoms with Crippen LogP contribution in [0, 0.1) is 24.6 Å². The maximum Gasteiger partial charge on any atom is 0.189 e. The maximum atomic E-state index is 14.3. The number of aryl methyl sites for hydroxylation is 1. The van der Waals surface area contributed by atoms with E-state index in [1.807, 2.05) is 6.92 Å². The number of ketones is 1. The van der Waals surface area contributed by atoms with Gasteiger partial charge in [-0.05, 0) is 55.4 Å². The van der Waals surface area contributed by atoms with Gasteiger partial charge < -0.3 is 14.6 Å². The van der Waals surface area contributed by atoms with E-state index in [2.05, 4.69) is 6.58 Å². The lowest BCUT2D eigenvalue weighted by molar-refractivity contribution is -0.123. The summed E-state index contributed by atoms with van der Waals surface area (Å²) in [4.78, 5) is 12.2. The molecule has 1 aromatic carbocycles. The normalized spacial score (nSPS) is 26.6. The summed E-state index contributed by atoms with van der Waals surface area (Å²) in [6.45, 7) is 7.42. The van der Waals surface area contributed by atoms with Crippen LogP contribution in [0.25, 0.3) is 0 Å². The molecule has 1 fully saturated rings. The fraction of sp³-hybridized carbons (Fsp3) is 0.450. The third-order valence-corrected chi connectivity index (χ3v) is 5.31. The van der Waals surface area contributed by atoms with Gasteiger partial charge in [-0.3, -0.25) is 4.79 Å². The van der Waals surface area contributed by atoms with E-state index in [1.165, 1.54) is 18.2 Å². The summed E-state index contributed by atoms with van der Waals surface area (Å²) >= 11 is 0. The largest absolute Gasteiger partial charge is 0.508 e. The summed E-state index contributed by atoms with van der Waals surface area (Å²) in [6, 6.07) is 2.80. The topological polar surface area (TPSA) is 55.8 Å². The Morgan fingerprint density at radius 2 is 2.28 bits per heavy atom. The number of fused-ring (bicyclic) bond motifs is 1. The number of carbonyl (C=O) groups excluding carboxylic acids is 1. The number of halogens is 1. The predicted molar refractivity (Wildman–Crippen MR) is 91.4 cm³/mol. The molecular formula is C20H23FO4. The lowest BCUT2D eigenvalue weighted by Crippen LogP contribution is -2.45. The number of hydrogen-bond donors (Lipinski definition) is 1. The lowest BCUT2D eigenvalue weighted by Gasteiger charge is -2.38. The number of allylic oxidation sites excluding steroid dienone is 2. The van der Waals surface area contributed by atoms with Gasteiger partial charge in [0.05, 0.1) is 0 Å². The van der Waals surface area contributed by atoms with Gasteiger partial charge in [-0.15, -0.1) is 6.58 Å². The molecule has 0 unspecified atom stereocenters. The highest BCUT2D eigenvalue weighted by Crippen LogP contribution is 2.46. The van der Waals surface area contributed by atoms with Crippen LogP contribution < -0.4 is 0 Å². The zero-order valence-corrected chi connectivity index (χ0v) is 14.5. The molecule has 0 spiro atoms. The second kappa shape index (κ2) is 6.64. The molecular weight excluding hydrogens is 323 g/mol. The maximum absolute atomic E-state index is 14.3. The minimum atomic E-state index is -0.742. The summed E-state index contributed by atoms with van der Waals surface area (Å²) in [5.41, 5.74) is 0.188. The molecule has 0 aromatic heterocycles. The van der Waals surface area contributed by atoms with Gasteiger partial charge in [-0.1, -0.05) is 13.0 Å². The van der Waals surface area contributed by atoms with E-state index < -0.39 is 5.60 Å². The van der Waals surface area contributed by atoms with Crippen LogP contribution in [-0.4, -0.2) is 23.3 Å². The van der Waals surface area contributed by atoms with E-state index in [4.69, 9.17) is 9.47 Å². The Morgan fingerprint density at radius 3 is 3.00 bits per heavy atom. The second-order valence-corrected chi connectivity index (χ2v) is 6.97. The monoisotopic (exact) mass is 346 g/mol. The molecule has 1 saturated heterocycles. The van der Waals surface area contributed by atoms with E-state index in [-0.39, 0.29) is 36.0 Å². The van der Waals surface area contributed by atoms with Crippen LogP contribution in [0.2, 0.25) is 0 Å². The third kappa shape index (κ3) is 3.09. The number of aromatic hydroxyl groups is 1. The van der Waals surface area contributed by atoms with Crippen molar-refractivity contribution in [2.75, 3.05) is 6.79 Å². The fourth-order valence-corrected chi connectivity index (χ4v) is 3.77.